The standard InChI is InChI=1S/C23H28N10O6S2/c1-38-14-3-5-19(39-2)18(9-14)31-41(36,37)22-20(40(34,35)28-11-13(25)10-24)6-4-15(16-12-27-8-7-17(16)26)21(22)23-29-32-33-30-23/h3-9,12-13,28,31H,10-11,24-25H2,1-2H3,(H2,26,27)(H,29,30,32,33)/t13-/m0/s1. The number of nitrogens with two attached hydrogens (primary N) is 3. The number of benzene rings is 2. The van der Waals surface area contributed by atoms with Crippen molar-refractivity contribution in [2.45, 2.75) is 15.8 Å². The van der Waals surface area contributed by atoms with E-state index in [0.717, 1.165) is 6.07 Å². The summed E-state index contributed by atoms with van der Waals surface area (Å²) in [5.41, 5.74) is 18.0. The Hall–Kier alpha value is -4.36. The van der Waals surface area contributed by atoms with Gasteiger partial charge in [-0.3, -0.25) is 9.71 Å². The lowest BCUT2D eigenvalue weighted by molar-refractivity contribution is 0.405. The van der Waals surface area contributed by atoms with Crippen molar-refractivity contribution in [3.05, 3.63) is 48.8 Å². The zero-order valence-corrected chi connectivity index (χ0v) is 23.5. The van der Waals surface area contributed by atoms with Crippen LogP contribution < -0.4 is 36.1 Å². The van der Waals surface area contributed by atoms with Crippen LogP contribution in [0.1, 0.15) is 0 Å². The molecule has 0 bridgehead atoms. The van der Waals surface area contributed by atoms with Gasteiger partial charge in [0.2, 0.25) is 15.8 Å². The lowest BCUT2D eigenvalue weighted by atomic mass is 9.99. The van der Waals surface area contributed by atoms with E-state index < -0.39 is 35.9 Å². The number of pyridine rings is 1. The summed E-state index contributed by atoms with van der Waals surface area (Å²) in [5.74, 6) is 0.223. The second kappa shape index (κ2) is 12.0. The molecule has 0 unspecified atom stereocenters. The van der Waals surface area contributed by atoms with E-state index in [-0.39, 0.29) is 47.2 Å². The number of rotatable bonds is 12. The third-order valence-corrected chi connectivity index (χ3v) is 8.93. The number of hydrogen-bond acceptors (Lipinski definition) is 13. The summed E-state index contributed by atoms with van der Waals surface area (Å²) in [7, 11) is -6.54. The summed E-state index contributed by atoms with van der Waals surface area (Å²) in [5, 5.41) is 13.7. The van der Waals surface area contributed by atoms with Crippen LogP contribution in [0.15, 0.2) is 58.6 Å². The lowest BCUT2D eigenvalue weighted by Crippen LogP contribution is -2.42. The van der Waals surface area contributed by atoms with Crippen LogP contribution in [0.25, 0.3) is 22.5 Å². The molecule has 0 saturated carbocycles. The highest BCUT2D eigenvalue weighted by Gasteiger charge is 2.35. The molecule has 0 fully saturated rings. The zero-order valence-electron chi connectivity index (χ0n) is 21.9. The van der Waals surface area contributed by atoms with Crippen molar-refractivity contribution in [2.24, 2.45) is 11.5 Å². The van der Waals surface area contributed by atoms with Crippen LogP contribution in [0, 0.1) is 0 Å². The summed E-state index contributed by atoms with van der Waals surface area (Å²) in [6.07, 6.45) is 2.85. The lowest BCUT2D eigenvalue weighted by Gasteiger charge is -2.20. The fraction of sp³-hybridized carbons (Fsp3) is 0.217. The van der Waals surface area contributed by atoms with Crippen LogP contribution in [0.3, 0.4) is 0 Å². The average Bonchev–Trinajstić information content (AvgIpc) is 3.50. The maximum absolute atomic E-state index is 14.2. The number of tetrazole rings is 1. The number of nitrogens with zero attached hydrogens (tertiary/aromatic N) is 4. The molecule has 18 heteroatoms. The number of anilines is 2. The topological polar surface area (TPSA) is 256 Å². The number of aromatic nitrogens is 5. The molecule has 4 rings (SSSR count). The predicted molar refractivity (Wildman–Crippen MR) is 150 cm³/mol. The highest BCUT2D eigenvalue weighted by molar-refractivity contribution is 7.94. The van der Waals surface area contributed by atoms with Crippen molar-refractivity contribution in [2.75, 3.05) is 37.8 Å². The van der Waals surface area contributed by atoms with Gasteiger partial charge in [-0.1, -0.05) is 6.07 Å². The van der Waals surface area contributed by atoms with Gasteiger partial charge in [0, 0.05) is 48.8 Å². The molecule has 0 aliphatic heterocycles. The van der Waals surface area contributed by atoms with Gasteiger partial charge < -0.3 is 26.7 Å². The van der Waals surface area contributed by atoms with Gasteiger partial charge in [-0.05, 0) is 35.0 Å². The Morgan fingerprint density at radius 2 is 1.80 bits per heavy atom. The fourth-order valence-corrected chi connectivity index (χ4v) is 7.05. The SMILES string of the molecule is COc1ccc(OC)c(NS(=O)(=O)c2c(S(=O)(=O)NC[C@@H](N)CN)ccc(-c3cnccc3N)c2-c2nn[nH]n2)c1. The van der Waals surface area contributed by atoms with E-state index in [1.165, 1.54) is 50.9 Å². The van der Waals surface area contributed by atoms with Gasteiger partial charge in [0.15, 0.2) is 0 Å². The molecule has 0 aliphatic rings. The number of aromatic amines is 1. The first-order chi connectivity index (χ1) is 19.5. The summed E-state index contributed by atoms with van der Waals surface area (Å²) >= 11 is 0. The van der Waals surface area contributed by atoms with Gasteiger partial charge in [0.05, 0.1) is 25.5 Å². The molecule has 0 aliphatic carbocycles. The van der Waals surface area contributed by atoms with Crippen LogP contribution >= 0.6 is 0 Å². The third-order valence-electron chi connectivity index (χ3n) is 5.88. The van der Waals surface area contributed by atoms with Crippen LogP contribution in [-0.4, -0.2) is 75.8 Å². The fourth-order valence-electron chi connectivity index (χ4n) is 3.85. The van der Waals surface area contributed by atoms with E-state index in [1.54, 1.807) is 6.07 Å². The molecule has 2 aromatic heterocycles. The quantitative estimate of drug-likeness (QED) is 0.124. The number of hydrogen-bond donors (Lipinski definition) is 6. The molecule has 0 saturated heterocycles. The summed E-state index contributed by atoms with van der Waals surface area (Å²) in [4.78, 5) is 2.76. The highest BCUT2D eigenvalue weighted by atomic mass is 32.2. The molecule has 218 valence electrons. The minimum Gasteiger partial charge on any atom is -0.497 e. The first-order valence-electron chi connectivity index (χ1n) is 11.8. The normalized spacial score (nSPS) is 12.6. The smallest absolute Gasteiger partial charge is 0.264 e. The minimum atomic E-state index is -4.77. The van der Waals surface area contributed by atoms with Crippen molar-refractivity contribution < 1.29 is 26.3 Å². The Bertz CT molecular complexity index is 1750. The third kappa shape index (κ3) is 6.20. The first kappa shape index (κ1) is 29.6. The zero-order chi connectivity index (χ0) is 29.8. The van der Waals surface area contributed by atoms with Gasteiger partial charge in [0.25, 0.3) is 10.0 Å². The molecule has 0 spiro atoms. The van der Waals surface area contributed by atoms with Crippen molar-refractivity contribution in [3.8, 4) is 34.0 Å². The second-order valence-corrected chi connectivity index (χ2v) is 11.9. The van der Waals surface area contributed by atoms with Crippen LogP contribution in [0.4, 0.5) is 11.4 Å². The van der Waals surface area contributed by atoms with Gasteiger partial charge in [-0.2, -0.15) is 5.21 Å². The molecule has 0 radical (unpaired) electrons. The Balaban J connectivity index is 2.06. The summed E-state index contributed by atoms with van der Waals surface area (Å²) in [6, 6.07) is 7.70. The van der Waals surface area contributed by atoms with Gasteiger partial charge in [-0.25, -0.2) is 21.6 Å². The van der Waals surface area contributed by atoms with Crippen LogP contribution in [0.2, 0.25) is 0 Å². The molecule has 9 N–H and O–H groups in total. The number of H-pyrrole nitrogens is 1. The molecule has 16 nitrogen and oxygen atoms in total. The highest BCUT2D eigenvalue weighted by Crippen LogP contribution is 2.42. The largest absolute Gasteiger partial charge is 0.497 e. The molecule has 4 aromatic rings. The van der Waals surface area contributed by atoms with Crippen molar-refractivity contribution >= 4 is 31.4 Å². The Kier molecular flexibility index (Phi) is 8.69. The van der Waals surface area contributed by atoms with E-state index in [1.807, 2.05) is 0 Å². The van der Waals surface area contributed by atoms with Crippen molar-refractivity contribution in [3.63, 3.8) is 0 Å². The second-order valence-electron chi connectivity index (χ2n) is 8.53. The number of nitrogens with one attached hydrogen (secondary N) is 3. The maximum atomic E-state index is 14.2. The molecule has 2 heterocycles. The van der Waals surface area contributed by atoms with E-state index in [4.69, 9.17) is 26.7 Å². The average molecular weight is 605 g/mol. The Morgan fingerprint density at radius 1 is 1.02 bits per heavy atom. The minimum absolute atomic E-state index is 0.0157. The summed E-state index contributed by atoms with van der Waals surface area (Å²) < 4.78 is 70.9. The number of nitrogen functional groups attached to an aromatic ring is 1. The number of methoxy groups -OCH3 is 2. The molecular formula is C23H28N10O6S2. The number of sulfonamides is 2. The number of ether oxygens (including phenoxy) is 2. The van der Waals surface area contributed by atoms with Gasteiger partial charge in [-0.15, -0.1) is 10.2 Å². The van der Waals surface area contributed by atoms with E-state index >= 15 is 0 Å². The van der Waals surface area contributed by atoms with E-state index in [9.17, 15) is 16.8 Å². The Morgan fingerprint density at radius 3 is 2.44 bits per heavy atom. The molecule has 0 amide bonds. The van der Waals surface area contributed by atoms with Crippen molar-refractivity contribution in [1.82, 2.24) is 30.3 Å². The van der Waals surface area contributed by atoms with Crippen LogP contribution in [-0.2, 0) is 20.0 Å². The molecule has 1 atom stereocenters. The van der Waals surface area contributed by atoms with Crippen molar-refractivity contribution in [1.29, 1.82) is 0 Å². The first-order valence-corrected chi connectivity index (χ1v) is 14.8. The maximum Gasteiger partial charge on any atom is 0.264 e. The van der Waals surface area contributed by atoms with Gasteiger partial charge >= 0.3 is 0 Å². The molecular weight excluding hydrogens is 576 g/mol. The monoisotopic (exact) mass is 604 g/mol. The van der Waals surface area contributed by atoms with E-state index in [0.29, 0.717) is 11.3 Å². The Labute approximate surface area is 235 Å². The van der Waals surface area contributed by atoms with Gasteiger partial charge in [0.1, 0.15) is 21.3 Å². The van der Waals surface area contributed by atoms with Crippen LogP contribution in [0.5, 0.6) is 11.5 Å². The predicted octanol–water partition coefficient (Wildman–Crippen LogP) is -0.107. The van der Waals surface area contributed by atoms with E-state index in [2.05, 4.69) is 35.1 Å². The molecule has 41 heavy (non-hydrogen) atoms. The molecule has 2 aromatic carbocycles. The summed E-state index contributed by atoms with van der Waals surface area (Å²) in [6.45, 7) is -0.275.